The Morgan fingerprint density at radius 1 is 0.893 bits per heavy atom. The maximum absolute atomic E-state index is 4.84. The molecule has 150 valence electrons. The van der Waals surface area contributed by atoms with E-state index in [1.165, 1.54) is 43.4 Å². The molecule has 0 spiro atoms. The summed E-state index contributed by atoms with van der Waals surface area (Å²) in [5.41, 5.74) is 0. The number of hydrogen-bond donors (Lipinski definition) is 0. The van der Waals surface area contributed by atoms with Crippen LogP contribution in [0.3, 0.4) is 0 Å². The van der Waals surface area contributed by atoms with Gasteiger partial charge in [0.2, 0.25) is 11.9 Å². The lowest BCUT2D eigenvalue weighted by molar-refractivity contribution is 0.555. The molecule has 4 rings (SSSR count). The lowest BCUT2D eigenvalue weighted by atomic mass is 10.1. The average Bonchev–Trinajstić information content (AvgIpc) is 3.18. The second-order valence-electron chi connectivity index (χ2n) is 7.55. The Bertz CT molecular complexity index is 770. The molecular weight excluding hydrogens is 370 g/mol. The summed E-state index contributed by atoms with van der Waals surface area (Å²) in [7, 11) is 1.91. The highest BCUT2D eigenvalue weighted by Gasteiger charge is 2.21. The van der Waals surface area contributed by atoms with Crippen LogP contribution < -0.4 is 14.8 Å². The van der Waals surface area contributed by atoms with Crippen molar-refractivity contribution in [1.29, 1.82) is 0 Å². The molecule has 28 heavy (non-hydrogen) atoms. The minimum Gasteiger partial charge on any atom is -0.341 e. The molecule has 0 aromatic carbocycles. The smallest absolute Gasteiger partial charge is 0.252 e. The van der Waals surface area contributed by atoms with E-state index in [0.717, 1.165) is 43.0 Å². The van der Waals surface area contributed by atoms with Crippen molar-refractivity contribution >= 4 is 35.4 Å². The third-order valence-corrected chi connectivity index (χ3v) is 6.22. The van der Waals surface area contributed by atoms with Gasteiger partial charge in [-0.15, -0.1) is 11.3 Å². The lowest BCUT2D eigenvalue weighted by Crippen LogP contribution is -2.35. The predicted molar refractivity (Wildman–Crippen MR) is 117 cm³/mol. The molecule has 0 radical (unpaired) electrons. The summed E-state index contributed by atoms with van der Waals surface area (Å²) in [5, 5.41) is 6.34. The quantitative estimate of drug-likeness (QED) is 0.564. The zero-order valence-electron chi connectivity index (χ0n) is 16.8. The normalized spacial score (nSPS) is 18.1. The van der Waals surface area contributed by atoms with Gasteiger partial charge < -0.3 is 9.80 Å². The van der Waals surface area contributed by atoms with Gasteiger partial charge in [-0.3, -0.25) is 0 Å². The van der Waals surface area contributed by atoms with E-state index in [9.17, 15) is 0 Å². The van der Waals surface area contributed by atoms with Crippen molar-refractivity contribution < 1.29 is 0 Å². The Labute approximate surface area is 171 Å². The summed E-state index contributed by atoms with van der Waals surface area (Å²) in [6.45, 7) is 6.18. The Morgan fingerprint density at radius 3 is 1.96 bits per heavy atom. The molecule has 0 N–H and O–H groups in total. The van der Waals surface area contributed by atoms with Crippen LogP contribution >= 0.6 is 11.3 Å². The maximum Gasteiger partial charge on any atom is 0.252 e. The van der Waals surface area contributed by atoms with Crippen molar-refractivity contribution in [3.05, 3.63) is 21.9 Å². The Hall–Kier alpha value is -2.22. The van der Waals surface area contributed by atoms with Gasteiger partial charge in [-0.2, -0.15) is 20.1 Å². The molecular formula is C20H29N7S. The standard InChI is InChI=1S/C20H29N7S/c1-16-9-10-17(28-16)15-21-25(2)18-22-19(26-11-5-3-6-12-26)24-20(23-18)27-13-7-4-8-14-27/h9-10,15H,3-8,11-14H2,1-2H3/b21-15-. The number of anilines is 3. The molecule has 2 aliphatic heterocycles. The first-order chi connectivity index (χ1) is 13.7. The van der Waals surface area contributed by atoms with Gasteiger partial charge in [-0.25, -0.2) is 5.01 Å². The minimum atomic E-state index is 0.612. The molecule has 2 aromatic heterocycles. The van der Waals surface area contributed by atoms with Crippen molar-refractivity contribution in [3.63, 3.8) is 0 Å². The summed E-state index contributed by atoms with van der Waals surface area (Å²) in [4.78, 5) is 21.4. The molecule has 0 bridgehead atoms. The molecule has 2 fully saturated rings. The fourth-order valence-corrected chi connectivity index (χ4v) is 4.42. The first-order valence-corrected chi connectivity index (χ1v) is 11.1. The number of thiophene rings is 1. The topological polar surface area (TPSA) is 60.8 Å². The zero-order chi connectivity index (χ0) is 19.3. The first kappa shape index (κ1) is 19.1. The van der Waals surface area contributed by atoms with Gasteiger partial charge in [0, 0.05) is 43.0 Å². The van der Waals surface area contributed by atoms with E-state index in [0.29, 0.717) is 5.95 Å². The summed E-state index contributed by atoms with van der Waals surface area (Å²) in [6, 6.07) is 4.20. The third-order valence-electron chi connectivity index (χ3n) is 5.29. The maximum atomic E-state index is 4.84. The fraction of sp³-hybridized carbons (Fsp3) is 0.600. The summed E-state index contributed by atoms with van der Waals surface area (Å²) in [6.07, 6.45) is 9.26. The molecule has 0 atom stereocenters. The highest BCUT2D eigenvalue weighted by atomic mass is 32.1. The van der Waals surface area contributed by atoms with Gasteiger partial charge >= 0.3 is 0 Å². The Kier molecular flexibility index (Phi) is 6.04. The Morgan fingerprint density at radius 2 is 1.46 bits per heavy atom. The zero-order valence-corrected chi connectivity index (χ0v) is 17.7. The van der Waals surface area contributed by atoms with Crippen LogP contribution in [0.4, 0.5) is 17.8 Å². The number of piperidine rings is 2. The van der Waals surface area contributed by atoms with Gasteiger partial charge in [-0.05, 0) is 57.6 Å². The lowest BCUT2D eigenvalue weighted by Gasteiger charge is -2.30. The van der Waals surface area contributed by atoms with Crippen molar-refractivity contribution in [2.24, 2.45) is 5.10 Å². The largest absolute Gasteiger partial charge is 0.341 e. The highest BCUT2D eigenvalue weighted by Crippen LogP contribution is 2.23. The van der Waals surface area contributed by atoms with Crippen LogP contribution in [-0.4, -0.2) is 54.4 Å². The van der Waals surface area contributed by atoms with Crippen LogP contribution in [0.15, 0.2) is 17.2 Å². The molecule has 7 nitrogen and oxygen atoms in total. The second-order valence-corrected chi connectivity index (χ2v) is 8.87. The molecule has 2 aromatic rings. The third kappa shape index (κ3) is 4.60. The van der Waals surface area contributed by atoms with Gasteiger partial charge in [0.25, 0.3) is 5.95 Å². The molecule has 0 unspecified atom stereocenters. The molecule has 0 amide bonds. The molecule has 4 heterocycles. The van der Waals surface area contributed by atoms with Crippen LogP contribution in [0.2, 0.25) is 0 Å². The van der Waals surface area contributed by atoms with E-state index in [2.05, 4.69) is 34.0 Å². The van der Waals surface area contributed by atoms with Crippen LogP contribution in [0, 0.1) is 6.92 Å². The van der Waals surface area contributed by atoms with E-state index >= 15 is 0 Å². The fourth-order valence-electron chi connectivity index (χ4n) is 3.68. The van der Waals surface area contributed by atoms with E-state index in [1.54, 1.807) is 16.3 Å². The second kappa shape index (κ2) is 8.86. The van der Waals surface area contributed by atoms with Gasteiger partial charge in [0.15, 0.2) is 0 Å². The molecule has 0 aliphatic carbocycles. The SMILES string of the molecule is Cc1ccc(/C=N\N(C)c2nc(N3CCCCC3)nc(N3CCCCC3)n2)s1. The van der Waals surface area contributed by atoms with Crippen molar-refractivity contribution in [1.82, 2.24) is 15.0 Å². The van der Waals surface area contributed by atoms with Crippen molar-refractivity contribution in [2.45, 2.75) is 45.4 Å². The van der Waals surface area contributed by atoms with Gasteiger partial charge in [-0.1, -0.05) is 0 Å². The van der Waals surface area contributed by atoms with E-state index in [1.807, 2.05) is 13.3 Å². The number of aromatic nitrogens is 3. The van der Waals surface area contributed by atoms with E-state index < -0.39 is 0 Å². The number of rotatable bonds is 5. The van der Waals surface area contributed by atoms with E-state index in [-0.39, 0.29) is 0 Å². The van der Waals surface area contributed by atoms with Crippen LogP contribution in [0.5, 0.6) is 0 Å². The number of hydrogen-bond acceptors (Lipinski definition) is 8. The van der Waals surface area contributed by atoms with Gasteiger partial charge in [0.05, 0.1) is 6.21 Å². The number of aryl methyl sites for hydroxylation is 1. The summed E-state index contributed by atoms with van der Waals surface area (Å²) in [5.74, 6) is 2.19. The number of hydrazone groups is 1. The summed E-state index contributed by atoms with van der Waals surface area (Å²) >= 11 is 1.73. The van der Waals surface area contributed by atoms with Crippen LogP contribution in [-0.2, 0) is 0 Å². The molecule has 2 aliphatic rings. The molecule has 8 heteroatoms. The van der Waals surface area contributed by atoms with Crippen molar-refractivity contribution in [2.75, 3.05) is 48.0 Å². The highest BCUT2D eigenvalue weighted by molar-refractivity contribution is 7.13. The number of nitrogens with zero attached hydrogens (tertiary/aromatic N) is 7. The first-order valence-electron chi connectivity index (χ1n) is 10.3. The van der Waals surface area contributed by atoms with Gasteiger partial charge in [0.1, 0.15) is 0 Å². The molecule has 2 saturated heterocycles. The van der Waals surface area contributed by atoms with Crippen molar-refractivity contribution in [3.8, 4) is 0 Å². The molecule has 0 saturated carbocycles. The van der Waals surface area contributed by atoms with Crippen LogP contribution in [0.25, 0.3) is 0 Å². The average molecular weight is 400 g/mol. The van der Waals surface area contributed by atoms with Crippen LogP contribution in [0.1, 0.15) is 48.3 Å². The minimum absolute atomic E-state index is 0.612. The van der Waals surface area contributed by atoms with E-state index in [4.69, 9.17) is 15.0 Å². The predicted octanol–water partition coefficient (Wildman–Crippen LogP) is 3.69. The summed E-state index contributed by atoms with van der Waals surface area (Å²) < 4.78 is 0. The Balaban J connectivity index is 1.61. The monoisotopic (exact) mass is 399 g/mol.